The Morgan fingerprint density at radius 2 is 2.05 bits per heavy atom. The van der Waals surface area contributed by atoms with Crippen molar-refractivity contribution in [3.05, 3.63) is 44.2 Å². The smallest absolute Gasteiger partial charge is 0.338 e. The molecule has 1 heterocycles. The summed E-state index contributed by atoms with van der Waals surface area (Å²) in [6, 6.07) is 2.81. The highest BCUT2D eigenvalue weighted by atomic mass is 35.5. The lowest BCUT2D eigenvalue weighted by molar-refractivity contribution is 0.0472. The number of rotatable bonds is 3. The molecule has 0 aliphatic heterocycles. The molecular formula is C13H12Cl3N3O2. The average molecular weight is 349 g/mol. The molecule has 0 atom stereocenters. The van der Waals surface area contributed by atoms with E-state index in [2.05, 4.69) is 5.10 Å². The van der Waals surface area contributed by atoms with E-state index in [-0.39, 0.29) is 27.9 Å². The molecule has 2 rings (SSSR count). The third-order valence-electron chi connectivity index (χ3n) is 2.91. The van der Waals surface area contributed by atoms with Crippen molar-refractivity contribution in [1.29, 1.82) is 0 Å². The van der Waals surface area contributed by atoms with Crippen LogP contribution in [0.25, 0.3) is 0 Å². The second-order valence-corrected chi connectivity index (χ2v) is 5.56. The van der Waals surface area contributed by atoms with Crippen molar-refractivity contribution in [3.63, 3.8) is 0 Å². The lowest BCUT2D eigenvalue weighted by Crippen LogP contribution is -2.07. The number of hydrogen-bond donors (Lipinski definition) is 1. The zero-order valence-corrected chi connectivity index (χ0v) is 13.6. The minimum absolute atomic E-state index is 0.0114. The highest BCUT2D eigenvalue weighted by Gasteiger charge is 2.16. The van der Waals surface area contributed by atoms with Crippen LogP contribution in [0.2, 0.25) is 15.2 Å². The zero-order valence-electron chi connectivity index (χ0n) is 11.3. The maximum Gasteiger partial charge on any atom is 0.338 e. The molecule has 0 aliphatic carbocycles. The Balaban J connectivity index is 2.16. The molecule has 0 spiro atoms. The number of aromatic nitrogens is 2. The van der Waals surface area contributed by atoms with Gasteiger partial charge in [-0.2, -0.15) is 5.10 Å². The van der Waals surface area contributed by atoms with Crippen LogP contribution in [-0.2, 0) is 18.4 Å². The first kappa shape index (κ1) is 15.9. The van der Waals surface area contributed by atoms with Crippen molar-refractivity contribution in [1.82, 2.24) is 9.78 Å². The van der Waals surface area contributed by atoms with Gasteiger partial charge in [0.2, 0.25) is 0 Å². The zero-order chi connectivity index (χ0) is 15.7. The van der Waals surface area contributed by atoms with E-state index in [9.17, 15) is 4.79 Å². The summed E-state index contributed by atoms with van der Waals surface area (Å²) in [4.78, 5) is 12.0. The molecule has 1 aromatic heterocycles. The van der Waals surface area contributed by atoms with Crippen LogP contribution in [-0.4, -0.2) is 15.7 Å². The molecule has 0 fully saturated rings. The number of anilines is 1. The fraction of sp³-hybridized carbons (Fsp3) is 0.231. The first-order chi connectivity index (χ1) is 9.81. The fourth-order valence-corrected chi connectivity index (χ4v) is 2.35. The highest BCUT2D eigenvalue weighted by Crippen LogP contribution is 2.30. The Kier molecular flexibility index (Phi) is 4.66. The summed E-state index contributed by atoms with van der Waals surface area (Å²) in [5, 5.41) is 4.96. The molecule has 5 nitrogen and oxygen atoms in total. The van der Waals surface area contributed by atoms with E-state index in [1.54, 1.807) is 14.0 Å². The maximum atomic E-state index is 12.0. The van der Waals surface area contributed by atoms with Crippen molar-refractivity contribution < 1.29 is 9.53 Å². The fourth-order valence-electron chi connectivity index (χ4n) is 1.79. The second-order valence-electron chi connectivity index (χ2n) is 4.42. The summed E-state index contributed by atoms with van der Waals surface area (Å²) in [6.07, 6.45) is 0. The number of aryl methyl sites for hydroxylation is 2. The van der Waals surface area contributed by atoms with Crippen LogP contribution in [0.5, 0.6) is 0 Å². The van der Waals surface area contributed by atoms with Crippen LogP contribution in [0.1, 0.15) is 21.6 Å². The van der Waals surface area contributed by atoms with Crippen LogP contribution < -0.4 is 5.73 Å². The molecule has 0 bridgehead atoms. The summed E-state index contributed by atoms with van der Waals surface area (Å²) in [6.45, 7) is 1.80. The number of nitrogens with two attached hydrogens (primary N) is 1. The van der Waals surface area contributed by atoms with E-state index in [4.69, 9.17) is 45.3 Å². The molecule has 112 valence electrons. The van der Waals surface area contributed by atoms with Gasteiger partial charge in [0.05, 0.1) is 27.0 Å². The normalized spacial score (nSPS) is 10.7. The third-order valence-corrected chi connectivity index (χ3v) is 4.20. The molecule has 0 unspecified atom stereocenters. The average Bonchev–Trinajstić information content (AvgIpc) is 2.66. The Hall–Kier alpha value is -1.43. The van der Waals surface area contributed by atoms with Crippen LogP contribution in [0.3, 0.4) is 0 Å². The van der Waals surface area contributed by atoms with E-state index < -0.39 is 5.97 Å². The number of nitrogen functional groups attached to an aromatic ring is 1. The van der Waals surface area contributed by atoms with Crippen molar-refractivity contribution in [2.45, 2.75) is 13.5 Å². The monoisotopic (exact) mass is 347 g/mol. The molecular weight excluding hydrogens is 337 g/mol. The lowest BCUT2D eigenvalue weighted by atomic mass is 10.2. The number of halogens is 3. The molecule has 0 amide bonds. The van der Waals surface area contributed by atoms with Gasteiger partial charge in [0.25, 0.3) is 0 Å². The topological polar surface area (TPSA) is 70.1 Å². The quantitative estimate of drug-likeness (QED) is 0.679. The lowest BCUT2D eigenvalue weighted by Gasteiger charge is -2.07. The number of carbonyl (C=O) groups is 1. The number of esters is 1. The summed E-state index contributed by atoms with van der Waals surface area (Å²) in [5.74, 6) is -0.570. The van der Waals surface area contributed by atoms with Gasteiger partial charge in [0, 0.05) is 12.6 Å². The van der Waals surface area contributed by atoms with Gasteiger partial charge < -0.3 is 10.5 Å². The highest BCUT2D eigenvalue weighted by molar-refractivity contribution is 6.43. The van der Waals surface area contributed by atoms with E-state index in [1.807, 2.05) is 0 Å². The predicted molar refractivity (Wildman–Crippen MR) is 82.9 cm³/mol. The van der Waals surface area contributed by atoms with E-state index in [1.165, 1.54) is 16.8 Å². The Bertz CT molecular complexity index is 690. The molecule has 0 saturated carbocycles. The van der Waals surface area contributed by atoms with Crippen molar-refractivity contribution in [2.75, 3.05) is 5.73 Å². The first-order valence-corrected chi connectivity index (χ1v) is 7.04. The molecule has 21 heavy (non-hydrogen) atoms. The third kappa shape index (κ3) is 3.26. The van der Waals surface area contributed by atoms with Crippen molar-refractivity contribution in [3.8, 4) is 0 Å². The van der Waals surface area contributed by atoms with Crippen LogP contribution >= 0.6 is 34.8 Å². The largest absolute Gasteiger partial charge is 0.457 e. The van der Waals surface area contributed by atoms with E-state index in [0.29, 0.717) is 16.4 Å². The van der Waals surface area contributed by atoms with Crippen LogP contribution in [0.15, 0.2) is 12.1 Å². The van der Waals surface area contributed by atoms with Gasteiger partial charge in [0.1, 0.15) is 11.8 Å². The van der Waals surface area contributed by atoms with Gasteiger partial charge in [-0.05, 0) is 19.1 Å². The predicted octanol–water partition coefficient (Wildman–Crippen LogP) is 3.63. The Labute approximate surface area is 136 Å². The Morgan fingerprint density at radius 1 is 1.38 bits per heavy atom. The van der Waals surface area contributed by atoms with Gasteiger partial charge >= 0.3 is 5.97 Å². The first-order valence-electron chi connectivity index (χ1n) is 5.91. The van der Waals surface area contributed by atoms with E-state index in [0.717, 1.165) is 0 Å². The summed E-state index contributed by atoms with van der Waals surface area (Å²) >= 11 is 17.8. The molecule has 2 N–H and O–H groups in total. The summed E-state index contributed by atoms with van der Waals surface area (Å²) < 4.78 is 6.72. The van der Waals surface area contributed by atoms with Gasteiger partial charge in [-0.25, -0.2) is 4.79 Å². The molecule has 0 aliphatic rings. The van der Waals surface area contributed by atoms with Gasteiger partial charge in [0.15, 0.2) is 0 Å². The SMILES string of the molecule is Cc1nn(C)c(Cl)c1COC(=O)c1cc(N)c(Cl)c(Cl)c1. The molecule has 0 radical (unpaired) electrons. The summed E-state index contributed by atoms with van der Waals surface area (Å²) in [7, 11) is 1.71. The number of hydrogen-bond acceptors (Lipinski definition) is 4. The van der Waals surface area contributed by atoms with Gasteiger partial charge in [-0.1, -0.05) is 34.8 Å². The number of benzene rings is 1. The van der Waals surface area contributed by atoms with Gasteiger partial charge in [-0.15, -0.1) is 0 Å². The number of carbonyl (C=O) groups excluding carboxylic acids is 1. The second kappa shape index (κ2) is 6.13. The van der Waals surface area contributed by atoms with Crippen LogP contribution in [0.4, 0.5) is 5.69 Å². The number of nitrogens with zero attached hydrogens (tertiary/aromatic N) is 2. The van der Waals surface area contributed by atoms with Crippen molar-refractivity contribution >= 4 is 46.5 Å². The summed E-state index contributed by atoms with van der Waals surface area (Å²) in [5.41, 5.74) is 7.45. The van der Waals surface area contributed by atoms with E-state index >= 15 is 0 Å². The van der Waals surface area contributed by atoms with Crippen molar-refractivity contribution in [2.24, 2.45) is 7.05 Å². The molecule has 2 aromatic rings. The maximum absolute atomic E-state index is 12.0. The minimum atomic E-state index is -0.570. The molecule has 1 aromatic carbocycles. The standard InChI is InChI=1S/C13H12Cl3N3O2/c1-6-8(12(16)19(2)18-6)5-21-13(20)7-3-9(14)11(15)10(17)4-7/h3-4H,5,17H2,1-2H3. The Morgan fingerprint density at radius 3 is 2.57 bits per heavy atom. The number of ether oxygens (including phenoxy) is 1. The van der Waals surface area contributed by atoms with Gasteiger partial charge in [-0.3, -0.25) is 4.68 Å². The van der Waals surface area contributed by atoms with Crippen LogP contribution in [0, 0.1) is 6.92 Å². The minimum Gasteiger partial charge on any atom is -0.457 e. The molecule has 0 saturated heterocycles. The molecule has 8 heteroatoms.